The molecule has 2 saturated carbocycles. The molecule has 1 atom stereocenters. The van der Waals surface area contributed by atoms with Crippen molar-refractivity contribution >= 4 is 35.2 Å². The van der Waals surface area contributed by atoms with Crippen LogP contribution in [0, 0.1) is 25.7 Å². The van der Waals surface area contributed by atoms with E-state index < -0.39 is 23.5 Å². The van der Waals surface area contributed by atoms with E-state index in [4.69, 9.17) is 21.1 Å². The number of carbonyl (C=O) groups excluding carboxylic acids is 2. The van der Waals surface area contributed by atoms with Crippen LogP contribution in [0.5, 0.6) is 11.5 Å². The van der Waals surface area contributed by atoms with E-state index in [-0.39, 0.29) is 47.8 Å². The Morgan fingerprint density at radius 2 is 1.78 bits per heavy atom. The molecule has 222 valence electrons. The molecule has 0 saturated heterocycles. The molecule has 0 bridgehead atoms. The summed E-state index contributed by atoms with van der Waals surface area (Å²) in [5.74, 6) is -4.26. The van der Waals surface area contributed by atoms with E-state index in [0.717, 1.165) is 10.6 Å². The topological polar surface area (TPSA) is 110 Å². The Bertz CT molecular complexity index is 1430. The molecule has 2 fully saturated rings. The molecule has 2 aliphatic carbocycles. The summed E-state index contributed by atoms with van der Waals surface area (Å²) in [7, 11) is 0. The Balaban J connectivity index is 1.23. The van der Waals surface area contributed by atoms with E-state index in [1.54, 1.807) is 19.9 Å². The first-order chi connectivity index (χ1) is 19.3. The molecule has 5 rings (SSSR count). The van der Waals surface area contributed by atoms with Gasteiger partial charge < -0.3 is 25.1 Å². The Morgan fingerprint density at radius 1 is 1.12 bits per heavy atom. The second-order valence-corrected chi connectivity index (χ2v) is 12.7. The van der Waals surface area contributed by atoms with Crippen LogP contribution in [0.25, 0.3) is 0 Å². The molecule has 3 N–H and O–H groups in total. The third kappa shape index (κ3) is 5.93. The van der Waals surface area contributed by atoms with E-state index in [1.165, 1.54) is 11.8 Å². The predicted molar refractivity (Wildman–Crippen MR) is 152 cm³/mol. The third-order valence-corrected chi connectivity index (χ3v) is 9.53. The number of H-pyrrole nitrogens is 1. The van der Waals surface area contributed by atoms with Gasteiger partial charge >= 0.3 is 0 Å². The molecule has 0 radical (unpaired) electrons. The Kier molecular flexibility index (Phi) is 8.06. The zero-order chi connectivity index (χ0) is 29.7. The number of alkyl halides is 2. The van der Waals surface area contributed by atoms with Crippen LogP contribution in [0.3, 0.4) is 0 Å². The summed E-state index contributed by atoms with van der Waals surface area (Å²) in [5, 5.41) is 6.01. The standard InChI is InChI=1S/C29H34ClF2N3O5S/c1-14-9-22(41-4)20(27(38)34-14)13-33-26(37)19-10-21(30)24-23(15(19)2)39-28(3,40-24)17-5-7-18(8-6-17)35-25(36)16-11-29(31,32)12-16/h9-10,16-18H,5-8,11-13H2,1-4H3,(H,33,37)(H,34,38)(H,35,36)/t17-,18-,28-/m1/s1. The molecular formula is C29H34ClF2N3O5S. The lowest BCUT2D eigenvalue weighted by Gasteiger charge is -2.39. The summed E-state index contributed by atoms with van der Waals surface area (Å²) in [6, 6.07) is 3.34. The van der Waals surface area contributed by atoms with Crippen molar-refractivity contribution in [2.75, 3.05) is 6.26 Å². The minimum Gasteiger partial charge on any atom is -0.448 e. The molecule has 1 aromatic heterocycles. The fraction of sp³-hybridized carbons (Fsp3) is 0.552. The van der Waals surface area contributed by atoms with Crippen molar-refractivity contribution in [3.8, 4) is 11.5 Å². The Labute approximate surface area is 246 Å². The van der Waals surface area contributed by atoms with E-state index in [0.29, 0.717) is 53.9 Å². The SMILES string of the molecule is CSc1cc(C)[nH]c(=O)c1CNC(=O)c1cc(Cl)c2c(c1C)O[C@@](C)([C@H]1CC[C@H](NC(=O)C3CC(F)(F)C3)CC1)O2. The van der Waals surface area contributed by atoms with Gasteiger partial charge in [-0.25, -0.2) is 8.78 Å². The molecule has 0 unspecified atom stereocenters. The second-order valence-electron chi connectivity index (χ2n) is 11.4. The number of rotatable bonds is 7. The van der Waals surface area contributed by atoms with Gasteiger partial charge in [-0.3, -0.25) is 14.4 Å². The molecule has 1 aromatic carbocycles. The summed E-state index contributed by atoms with van der Waals surface area (Å²) >= 11 is 8.01. The fourth-order valence-corrected chi connectivity index (χ4v) is 6.92. The van der Waals surface area contributed by atoms with Crippen LogP contribution >= 0.6 is 23.4 Å². The molecule has 41 heavy (non-hydrogen) atoms. The minimum atomic E-state index is -2.72. The highest BCUT2D eigenvalue weighted by atomic mass is 35.5. The zero-order valence-corrected chi connectivity index (χ0v) is 25.0. The number of benzene rings is 1. The van der Waals surface area contributed by atoms with Crippen LogP contribution in [0.4, 0.5) is 8.78 Å². The number of ether oxygens (including phenoxy) is 2. The smallest absolute Gasteiger partial charge is 0.254 e. The van der Waals surface area contributed by atoms with Crippen LogP contribution < -0.4 is 25.7 Å². The van der Waals surface area contributed by atoms with Gasteiger partial charge in [-0.05, 0) is 57.9 Å². The average Bonchev–Trinajstić information content (AvgIpc) is 3.28. The number of thioether (sulfide) groups is 1. The summed E-state index contributed by atoms with van der Waals surface area (Å²) < 4.78 is 38.9. The minimum absolute atomic E-state index is 0.0120. The maximum Gasteiger partial charge on any atom is 0.254 e. The monoisotopic (exact) mass is 609 g/mol. The summed E-state index contributed by atoms with van der Waals surface area (Å²) in [5.41, 5.74) is 1.88. The van der Waals surface area contributed by atoms with Gasteiger partial charge in [0.15, 0.2) is 11.5 Å². The highest BCUT2D eigenvalue weighted by molar-refractivity contribution is 7.98. The van der Waals surface area contributed by atoms with Gasteiger partial charge in [0.25, 0.3) is 17.3 Å². The molecule has 1 aliphatic heterocycles. The number of aromatic nitrogens is 1. The van der Waals surface area contributed by atoms with Gasteiger partial charge in [-0.2, -0.15) is 0 Å². The molecule has 2 aromatic rings. The Hall–Kier alpha value is -2.79. The molecule has 3 aliphatic rings. The number of aryl methyl sites for hydroxylation is 1. The van der Waals surface area contributed by atoms with E-state index >= 15 is 0 Å². The van der Waals surface area contributed by atoms with Gasteiger partial charge in [-0.1, -0.05) is 11.6 Å². The van der Waals surface area contributed by atoms with Crippen molar-refractivity contribution in [1.29, 1.82) is 0 Å². The summed E-state index contributed by atoms with van der Waals surface area (Å²) in [6.07, 6.45) is 3.86. The number of hydrogen-bond donors (Lipinski definition) is 3. The molecule has 2 amide bonds. The maximum atomic E-state index is 13.2. The molecule has 8 nitrogen and oxygen atoms in total. The fourth-order valence-electron chi connectivity index (χ4n) is 5.98. The maximum absolute atomic E-state index is 13.2. The predicted octanol–water partition coefficient (Wildman–Crippen LogP) is 5.50. The van der Waals surface area contributed by atoms with Crippen LogP contribution in [-0.2, 0) is 11.3 Å². The average molecular weight is 610 g/mol. The first-order valence-electron chi connectivity index (χ1n) is 13.7. The largest absolute Gasteiger partial charge is 0.448 e. The summed E-state index contributed by atoms with van der Waals surface area (Å²) in [4.78, 5) is 41.6. The molecule has 0 spiro atoms. The Morgan fingerprint density at radius 3 is 2.41 bits per heavy atom. The van der Waals surface area contributed by atoms with Crippen molar-refractivity contribution in [2.24, 2.45) is 11.8 Å². The number of aromatic amines is 1. The summed E-state index contributed by atoms with van der Waals surface area (Å²) in [6.45, 7) is 5.47. The van der Waals surface area contributed by atoms with Crippen molar-refractivity contribution in [1.82, 2.24) is 15.6 Å². The lowest BCUT2D eigenvalue weighted by atomic mass is 9.79. The van der Waals surface area contributed by atoms with Crippen molar-refractivity contribution in [3.63, 3.8) is 0 Å². The van der Waals surface area contributed by atoms with Crippen molar-refractivity contribution in [3.05, 3.63) is 49.9 Å². The third-order valence-electron chi connectivity index (χ3n) is 8.44. The van der Waals surface area contributed by atoms with E-state index in [9.17, 15) is 23.2 Å². The normalized spacial score (nSPS) is 25.0. The van der Waals surface area contributed by atoms with E-state index in [2.05, 4.69) is 15.6 Å². The number of amides is 2. The second kappa shape index (κ2) is 11.1. The van der Waals surface area contributed by atoms with Crippen LogP contribution in [0.1, 0.15) is 72.6 Å². The lowest BCUT2D eigenvalue weighted by Crippen LogP contribution is -2.50. The van der Waals surface area contributed by atoms with Gasteiger partial charge in [0.2, 0.25) is 11.8 Å². The number of nitrogens with one attached hydrogen (secondary N) is 3. The molecular weight excluding hydrogens is 576 g/mol. The molecule has 2 heterocycles. The zero-order valence-electron chi connectivity index (χ0n) is 23.4. The van der Waals surface area contributed by atoms with Gasteiger partial charge in [-0.15, -0.1) is 11.8 Å². The highest BCUT2D eigenvalue weighted by Gasteiger charge is 2.50. The van der Waals surface area contributed by atoms with Gasteiger partial charge in [0, 0.05) is 71.5 Å². The van der Waals surface area contributed by atoms with Crippen LogP contribution in [-0.4, -0.2) is 40.8 Å². The van der Waals surface area contributed by atoms with Gasteiger partial charge in [0.1, 0.15) is 0 Å². The number of hydrogen-bond acceptors (Lipinski definition) is 6. The lowest BCUT2D eigenvalue weighted by molar-refractivity contribution is -0.151. The molecule has 12 heteroatoms. The van der Waals surface area contributed by atoms with Crippen LogP contribution in [0.15, 0.2) is 21.8 Å². The van der Waals surface area contributed by atoms with Crippen molar-refractivity contribution < 1.29 is 27.8 Å². The van der Waals surface area contributed by atoms with Crippen molar-refractivity contribution in [2.45, 2.75) is 88.5 Å². The number of halogens is 3. The van der Waals surface area contributed by atoms with Crippen LogP contribution in [0.2, 0.25) is 5.02 Å². The van der Waals surface area contributed by atoms with Gasteiger partial charge in [0.05, 0.1) is 5.02 Å². The number of carbonyl (C=O) groups is 2. The number of pyridine rings is 1. The number of fused-ring (bicyclic) bond motifs is 1. The van der Waals surface area contributed by atoms with E-state index in [1.807, 2.05) is 19.2 Å². The first kappa shape index (κ1) is 29.7. The first-order valence-corrected chi connectivity index (χ1v) is 15.3. The quantitative estimate of drug-likeness (QED) is 0.358. The highest BCUT2D eigenvalue weighted by Crippen LogP contribution is 2.51.